The first-order chi connectivity index (χ1) is 12.6. The third-order valence-electron chi connectivity index (χ3n) is 5.36. The second-order valence-electron chi connectivity index (χ2n) is 7.04. The second-order valence-corrected chi connectivity index (χ2v) is 7.04. The van der Waals surface area contributed by atoms with Crippen LogP contribution in [0.1, 0.15) is 29.9 Å². The molecule has 2 aliphatic carbocycles. The predicted octanol–water partition coefficient (Wildman–Crippen LogP) is 3.73. The lowest BCUT2D eigenvalue weighted by molar-refractivity contribution is -0.143. The summed E-state index contributed by atoms with van der Waals surface area (Å²) in [6.07, 6.45) is 1.11. The third kappa shape index (κ3) is 2.83. The first-order valence-corrected chi connectivity index (χ1v) is 8.88. The standard InChI is InChI=1S/C21H21NO4/c1-22(19(20(23)24)13-10-11-13)21(25)26-12-18-16-8-4-2-6-14(16)15-7-3-5-9-17(15)18/h2-9,13,18-19H,10-12H2,1H3,(H,23,24)/t19-/m1/s1. The Morgan fingerprint density at radius 3 is 2.12 bits per heavy atom. The van der Waals surface area contributed by atoms with E-state index in [1.165, 1.54) is 23.1 Å². The lowest BCUT2D eigenvalue weighted by Crippen LogP contribution is -2.44. The van der Waals surface area contributed by atoms with Crippen molar-refractivity contribution >= 4 is 12.1 Å². The molecule has 5 nitrogen and oxygen atoms in total. The first-order valence-electron chi connectivity index (χ1n) is 8.88. The van der Waals surface area contributed by atoms with Gasteiger partial charge in [-0.1, -0.05) is 48.5 Å². The minimum absolute atomic E-state index is 0.0241. The molecule has 134 valence electrons. The fraction of sp³-hybridized carbons (Fsp3) is 0.333. The van der Waals surface area contributed by atoms with E-state index in [1.807, 2.05) is 24.3 Å². The van der Waals surface area contributed by atoms with E-state index < -0.39 is 18.1 Å². The highest BCUT2D eigenvalue weighted by Gasteiger charge is 2.41. The molecule has 0 unspecified atom stereocenters. The van der Waals surface area contributed by atoms with Crippen molar-refractivity contribution in [1.29, 1.82) is 0 Å². The molecule has 1 N–H and O–H groups in total. The van der Waals surface area contributed by atoms with Crippen LogP contribution < -0.4 is 0 Å². The van der Waals surface area contributed by atoms with Crippen molar-refractivity contribution in [3.8, 4) is 11.1 Å². The van der Waals surface area contributed by atoms with Crippen molar-refractivity contribution in [3.05, 3.63) is 59.7 Å². The molecule has 2 aromatic rings. The fourth-order valence-corrected chi connectivity index (χ4v) is 3.90. The van der Waals surface area contributed by atoms with Crippen LogP contribution in [0.4, 0.5) is 4.79 Å². The highest BCUT2D eigenvalue weighted by molar-refractivity contribution is 5.81. The van der Waals surface area contributed by atoms with Gasteiger partial charge in [-0.3, -0.25) is 4.90 Å². The topological polar surface area (TPSA) is 66.8 Å². The van der Waals surface area contributed by atoms with Gasteiger partial charge in [-0.15, -0.1) is 0 Å². The van der Waals surface area contributed by atoms with Crippen molar-refractivity contribution in [3.63, 3.8) is 0 Å². The molecule has 5 heteroatoms. The van der Waals surface area contributed by atoms with Crippen molar-refractivity contribution in [1.82, 2.24) is 4.90 Å². The maximum Gasteiger partial charge on any atom is 0.410 e. The van der Waals surface area contributed by atoms with Crippen LogP contribution in [0.2, 0.25) is 0 Å². The predicted molar refractivity (Wildman–Crippen MR) is 97.0 cm³/mol. The van der Waals surface area contributed by atoms with Gasteiger partial charge in [0.05, 0.1) is 0 Å². The number of carbonyl (C=O) groups excluding carboxylic acids is 1. The Morgan fingerprint density at radius 1 is 1.08 bits per heavy atom. The number of hydrogen-bond acceptors (Lipinski definition) is 3. The number of likely N-dealkylation sites (N-methyl/N-ethyl adjacent to an activating group) is 1. The van der Waals surface area contributed by atoms with Gasteiger partial charge in [-0.2, -0.15) is 0 Å². The van der Waals surface area contributed by atoms with Crippen LogP contribution in [0.3, 0.4) is 0 Å². The number of ether oxygens (including phenoxy) is 1. The Labute approximate surface area is 152 Å². The Hall–Kier alpha value is -2.82. The van der Waals surface area contributed by atoms with Crippen LogP contribution in [-0.4, -0.2) is 41.8 Å². The van der Waals surface area contributed by atoms with E-state index in [1.54, 1.807) is 0 Å². The van der Waals surface area contributed by atoms with Gasteiger partial charge >= 0.3 is 12.1 Å². The lowest BCUT2D eigenvalue weighted by atomic mass is 9.98. The van der Waals surface area contributed by atoms with Gasteiger partial charge < -0.3 is 9.84 Å². The highest BCUT2D eigenvalue weighted by Crippen LogP contribution is 2.44. The molecular formula is C21H21NO4. The van der Waals surface area contributed by atoms with Crippen molar-refractivity contribution < 1.29 is 19.4 Å². The smallest absolute Gasteiger partial charge is 0.410 e. The number of hydrogen-bond donors (Lipinski definition) is 1. The molecule has 2 aliphatic rings. The molecule has 1 amide bonds. The molecule has 0 aromatic heterocycles. The van der Waals surface area contributed by atoms with Gasteiger partial charge in [-0.05, 0) is 41.0 Å². The summed E-state index contributed by atoms with van der Waals surface area (Å²) < 4.78 is 5.53. The van der Waals surface area contributed by atoms with E-state index in [0.29, 0.717) is 0 Å². The first kappa shape index (κ1) is 16.6. The van der Waals surface area contributed by atoms with Crippen LogP contribution in [-0.2, 0) is 9.53 Å². The number of carbonyl (C=O) groups is 2. The molecule has 0 radical (unpaired) electrons. The van der Waals surface area contributed by atoms with E-state index in [0.717, 1.165) is 24.0 Å². The van der Waals surface area contributed by atoms with Crippen LogP contribution in [0.15, 0.2) is 48.5 Å². The van der Waals surface area contributed by atoms with Gasteiger partial charge in [0.2, 0.25) is 0 Å². The van der Waals surface area contributed by atoms with E-state index in [2.05, 4.69) is 24.3 Å². The highest BCUT2D eigenvalue weighted by atomic mass is 16.6. The Bertz CT molecular complexity index is 813. The average Bonchev–Trinajstić information content (AvgIpc) is 3.42. The summed E-state index contributed by atoms with van der Waals surface area (Å²) >= 11 is 0. The van der Waals surface area contributed by atoms with Gasteiger partial charge in [0.15, 0.2) is 0 Å². The molecule has 26 heavy (non-hydrogen) atoms. The summed E-state index contributed by atoms with van der Waals surface area (Å²) in [6.45, 7) is 0.203. The number of benzene rings is 2. The average molecular weight is 351 g/mol. The van der Waals surface area contributed by atoms with Crippen molar-refractivity contribution in [2.45, 2.75) is 24.8 Å². The van der Waals surface area contributed by atoms with Crippen LogP contribution in [0.25, 0.3) is 11.1 Å². The summed E-state index contributed by atoms with van der Waals surface area (Å²) in [7, 11) is 1.51. The van der Waals surface area contributed by atoms with Crippen LogP contribution in [0.5, 0.6) is 0 Å². The number of carboxylic acid groups (broad SMARTS) is 1. The molecule has 0 bridgehead atoms. The van der Waals surface area contributed by atoms with Gasteiger partial charge in [0.25, 0.3) is 0 Å². The third-order valence-corrected chi connectivity index (χ3v) is 5.36. The van der Waals surface area contributed by atoms with E-state index in [-0.39, 0.29) is 18.4 Å². The van der Waals surface area contributed by atoms with Gasteiger partial charge in [0.1, 0.15) is 12.6 Å². The Balaban J connectivity index is 1.51. The SMILES string of the molecule is CN(C(=O)OCC1c2ccccc2-c2ccccc21)[C@@H](C(=O)O)C1CC1. The van der Waals surface area contributed by atoms with Crippen LogP contribution in [0, 0.1) is 5.92 Å². The van der Waals surface area contributed by atoms with E-state index in [4.69, 9.17) is 4.74 Å². The summed E-state index contributed by atoms with van der Waals surface area (Å²) in [5.74, 6) is -0.953. The summed E-state index contributed by atoms with van der Waals surface area (Å²) in [4.78, 5) is 25.1. The molecule has 1 saturated carbocycles. The summed E-state index contributed by atoms with van der Waals surface area (Å²) in [6, 6.07) is 15.5. The molecule has 0 aliphatic heterocycles. The molecule has 0 spiro atoms. The number of carboxylic acids is 1. The minimum atomic E-state index is -0.969. The number of nitrogens with zero attached hydrogens (tertiary/aromatic N) is 1. The van der Waals surface area contributed by atoms with Crippen molar-refractivity contribution in [2.75, 3.05) is 13.7 Å². The normalized spacial score (nSPS) is 16.5. The zero-order chi connectivity index (χ0) is 18.3. The summed E-state index contributed by atoms with van der Waals surface area (Å²) in [5.41, 5.74) is 4.61. The largest absolute Gasteiger partial charge is 0.480 e. The van der Waals surface area contributed by atoms with E-state index >= 15 is 0 Å². The monoisotopic (exact) mass is 351 g/mol. The maximum absolute atomic E-state index is 12.4. The Kier molecular flexibility index (Phi) is 4.15. The van der Waals surface area contributed by atoms with Gasteiger partial charge in [-0.25, -0.2) is 9.59 Å². The minimum Gasteiger partial charge on any atom is -0.480 e. The molecule has 0 heterocycles. The quantitative estimate of drug-likeness (QED) is 0.891. The number of rotatable bonds is 5. The maximum atomic E-state index is 12.4. The molecule has 4 rings (SSSR count). The molecule has 0 saturated heterocycles. The van der Waals surface area contributed by atoms with Crippen molar-refractivity contribution in [2.24, 2.45) is 5.92 Å². The van der Waals surface area contributed by atoms with Crippen LogP contribution >= 0.6 is 0 Å². The van der Waals surface area contributed by atoms with E-state index in [9.17, 15) is 14.7 Å². The zero-order valence-corrected chi connectivity index (χ0v) is 14.6. The zero-order valence-electron chi connectivity index (χ0n) is 14.6. The molecule has 1 fully saturated rings. The Morgan fingerprint density at radius 2 is 1.62 bits per heavy atom. The molecule has 1 atom stereocenters. The fourth-order valence-electron chi connectivity index (χ4n) is 3.90. The van der Waals surface area contributed by atoms with Gasteiger partial charge in [0, 0.05) is 13.0 Å². The number of amides is 1. The number of aliphatic carboxylic acids is 1. The number of fused-ring (bicyclic) bond motifs is 3. The summed E-state index contributed by atoms with van der Waals surface area (Å²) in [5, 5.41) is 9.39. The lowest BCUT2D eigenvalue weighted by Gasteiger charge is -2.25. The molecular weight excluding hydrogens is 330 g/mol. The second kappa shape index (κ2) is 6.48. The molecule has 2 aromatic carbocycles.